The minimum atomic E-state index is -1.17. The fourth-order valence-corrected chi connectivity index (χ4v) is 2.89. The van der Waals surface area contributed by atoms with Crippen molar-refractivity contribution >= 4 is 16.9 Å². The summed E-state index contributed by atoms with van der Waals surface area (Å²) in [5, 5.41) is 30.1. The van der Waals surface area contributed by atoms with E-state index in [2.05, 4.69) is 9.97 Å². The molecule has 0 bridgehead atoms. The highest BCUT2D eigenvalue weighted by Gasteiger charge is 2.44. The maximum Gasteiger partial charge on any atom is 0.164 e. The number of ether oxygens (including phenoxy) is 1. The van der Waals surface area contributed by atoms with E-state index in [1.165, 1.54) is 6.33 Å². The van der Waals surface area contributed by atoms with Crippen molar-refractivity contribution in [2.75, 3.05) is 12.3 Å². The van der Waals surface area contributed by atoms with Gasteiger partial charge in [-0.05, 0) is 18.9 Å². The number of nitrogens with zero attached hydrogens (tertiary/aromatic N) is 3. The van der Waals surface area contributed by atoms with Gasteiger partial charge in [0.05, 0.1) is 12.0 Å². The molecule has 0 spiro atoms. The highest BCUT2D eigenvalue weighted by molar-refractivity contribution is 5.90. The summed E-state index contributed by atoms with van der Waals surface area (Å²) in [4.78, 5) is 8.26. The van der Waals surface area contributed by atoms with Crippen molar-refractivity contribution in [1.29, 1.82) is 0 Å². The van der Waals surface area contributed by atoms with Gasteiger partial charge in [0.2, 0.25) is 0 Å². The number of fused-ring (bicyclic) bond motifs is 1. The number of aliphatic hydroxyl groups is 3. The lowest BCUT2D eigenvalue weighted by Crippen LogP contribution is -2.33. The predicted molar refractivity (Wildman–Crippen MR) is 83.5 cm³/mol. The second-order valence-electron chi connectivity index (χ2n) is 5.52. The fourth-order valence-electron chi connectivity index (χ4n) is 2.89. The summed E-state index contributed by atoms with van der Waals surface area (Å²) in [7, 11) is 0. The van der Waals surface area contributed by atoms with Crippen molar-refractivity contribution in [1.82, 2.24) is 14.5 Å². The van der Waals surface area contributed by atoms with Gasteiger partial charge < -0.3 is 30.4 Å². The van der Waals surface area contributed by atoms with Crippen LogP contribution in [0.5, 0.6) is 0 Å². The Bertz CT molecular complexity index is 730. The quantitative estimate of drug-likeness (QED) is 0.572. The minimum Gasteiger partial charge on any atom is -0.394 e. The van der Waals surface area contributed by atoms with Crippen molar-refractivity contribution in [3.05, 3.63) is 30.2 Å². The molecular weight excluding hydrogens is 300 g/mol. The summed E-state index contributed by atoms with van der Waals surface area (Å²) < 4.78 is 7.22. The van der Waals surface area contributed by atoms with Crippen LogP contribution in [-0.2, 0) is 11.2 Å². The molecule has 1 aliphatic rings. The van der Waals surface area contributed by atoms with Gasteiger partial charge in [-0.15, -0.1) is 0 Å². The number of anilines is 1. The van der Waals surface area contributed by atoms with E-state index in [9.17, 15) is 15.3 Å². The van der Waals surface area contributed by atoms with Gasteiger partial charge >= 0.3 is 0 Å². The van der Waals surface area contributed by atoms with E-state index in [-0.39, 0.29) is 6.61 Å². The van der Waals surface area contributed by atoms with E-state index in [0.29, 0.717) is 23.3 Å². The molecule has 8 heteroatoms. The smallest absolute Gasteiger partial charge is 0.164 e. The number of hydrogen-bond donors (Lipinski definition) is 4. The number of nitrogens with two attached hydrogens (primary N) is 1. The SMILES string of the molecule is C/C=C/Cc1cn(C2OC(CO)C(O)C2O)c2ncnc(N)c12. The molecule has 2 aromatic heterocycles. The normalized spacial score (nSPS) is 28.2. The van der Waals surface area contributed by atoms with Crippen LogP contribution < -0.4 is 5.73 Å². The van der Waals surface area contributed by atoms with Crippen LogP contribution in [0.4, 0.5) is 5.82 Å². The molecule has 5 N–H and O–H groups in total. The third-order valence-corrected chi connectivity index (χ3v) is 4.08. The largest absolute Gasteiger partial charge is 0.394 e. The standard InChI is InChI=1S/C15H20N4O4/c1-2-3-4-8-5-19(14-10(8)13(16)17-7-18-14)15-12(22)11(21)9(6-20)23-15/h2-3,5,7,9,11-12,15,20-22H,4,6H2,1H3,(H2,16,17,18)/b3-2+. The van der Waals surface area contributed by atoms with Gasteiger partial charge in [0.1, 0.15) is 36.1 Å². The van der Waals surface area contributed by atoms with Crippen LogP contribution in [0.2, 0.25) is 0 Å². The Morgan fingerprint density at radius 2 is 2.13 bits per heavy atom. The van der Waals surface area contributed by atoms with Crippen LogP contribution in [0.1, 0.15) is 18.7 Å². The molecule has 0 radical (unpaired) electrons. The molecule has 124 valence electrons. The highest BCUT2D eigenvalue weighted by atomic mass is 16.6. The molecular formula is C15H20N4O4. The molecule has 3 heterocycles. The number of allylic oxidation sites excluding steroid dienone is 2. The maximum atomic E-state index is 10.2. The summed E-state index contributed by atoms with van der Waals surface area (Å²) in [6, 6.07) is 0. The van der Waals surface area contributed by atoms with Gasteiger partial charge in [0, 0.05) is 6.20 Å². The van der Waals surface area contributed by atoms with Gasteiger partial charge in [-0.2, -0.15) is 0 Å². The van der Waals surface area contributed by atoms with Crippen molar-refractivity contribution in [3.8, 4) is 0 Å². The Morgan fingerprint density at radius 3 is 2.78 bits per heavy atom. The fraction of sp³-hybridized carbons (Fsp3) is 0.467. The summed E-state index contributed by atoms with van der Waals surface area (Å²) in [6.07, 6.45) is 3.63. The molecule has 1 fully saturated rings. The third kappa shape index (κ3) is 2.59. The average molecular weight is 320 g/mol. The molecule has 1 saturated heterocycles. The molecule has 0 saturated carbocycles. The minimum absolute atomic E-state index is 0.347. The van der Waals surface area contributed by atoms with Crippen LogP contribution in [0, 0.1) is 0 Å². The lowest BCUT2D eigenvalue weighted by Gasteiger charge is -2.17. The Kier molecular flexibility index (Phi) is 4.31. The van der Waals surface area contributed by atoms with Gasteiger partial charge in [-0.3, -0.25) is 0 Å². The second-order valence-corrected chi connectivity index (χ2v) is 5.52. The molecule has 0 aliphatic carbocycles. The Hall–Kier alpha value is -2.00. The van der Waals surface area contributed by atoms with E-state index in [4.69, 9.17) is 10.5 Å². The first-order chi connectivity index (χ1) is 11.1. The topological polar surface area (TPSA) is 127 Å². The van der Waals surface area contributed by atoms with Gasteiger partial charge in [-0.25, -0.2) is 9.97 Å². The van der Waals surface area contributed by atoms with Crippen molar-refractivity contribution in [2.45, 2.75) is 37.9 Å². The molecule has 23 heavy (non-hydrogen) atoms. The Balaban J connectivity index is 2.09. The number of nitrogen functional groups attached to an aromatic ring is 1. The van der Waals surface area contributed by atoms with Gasteiger partial charge in [-0.1, -0.05) is 12.2 Å². The van der Waals surface area contributed by atoms with E-state index < -0.39 is 24.5 Å². The van der Waals surface area contributed by atoms with E-state index >= 15 is 0 Å². The summed E-state index contributed by atoms with van der Waals surface area (Å²) in [5.41, 5.74) is 7.39. The summed E-state index contributed by atoms with van der Waals surface area (Å²) in [5.74, 6) is 0.347. The molecule has 0 aromatic carbocycles. The monoisotopic (exact) mass is 320 g/mol. The zero-order valence-electron chi connectivity index (χ0n) is 12.7. The predicted octanol–water partition coefficient (Wildman–Crippen LogP) is -0.256. The van der Waals surface area contributed by atoms with Crippen LogP contribution in [-0.4, -0.2) is 54.8 Å². The van der Waals surface area contributed by atoms with Crippen LogP contribution in [0.15, 0.2) is 24.7 Å². The van der Waals surface area contributed by atoms with Crippen molar-refractivity contribution < 1.29 is 20.1 Å². The number of hydrogen-bond acceptors (Lipinski definition) is 7. The van der Waals surface area contributed by atoms with E-state index in [0.717, 1.165) is 5.56 Å². The Morgan fingerprint density at radius 1 is 1.35 bits per heavy atom. The van der Waals surface area contributed by atoms with Crippen LogP contribution >= 0.6 is 0 Å². The lowest BCUT2D eigenvalue weighted by atomic mass is 10.1. The molecule has 0 amide bonds. The molecule has 8 nitrogen and oxygen atoms in total. The van der Waals surface area contributed by atoms with E-state index in [1.807, 2.05) is 19.1 Å². The van der Waals surface area contributed by atoms with E-state index in [1.54, 1.807) is 10.8 Å². The van der Waals surface area contributed by atoms with Crippen LogP contribution in [0.25, 0.3) is 11.0 Å². The van der Waals surface area contributed by atoms with Gasteiger partial charge in [0.15, 0.2) is 6.23 Å². The number of rotatable bonds is 4. The summed E-state index contributed by atoms with van der Waals surface area (Å²) >= 11 is 0. The lowest BCUT2D eigenvalue weighted by molar-refractivity contribution is -0.0509. The number of aliphatic hydroxyl groups excluding tert-OH is 3. The highest BCUT2D eigenvalue weighted by Crippen LogP contribution is 2.34. The zero-order valence-corrected chi connectivity index (χ0v) is 12.7. The molecule has 4 unspecified atom stereocenters. The molecule has 2 aromatic rings. The van der Waals surface area contributed by atoms with Gasteiger partial charge in [0.25, 0.3) is 0 Å². The Labute approximate surface area is 132 Å². The maximum absolute atomic E-state index is 10.2. The summed E-state index contributed by atoms with van der Waals surface area (Å²) in [6.45, 7) is 1.54. The number of aromatic nitrogens is 3. The zero-order chi connectivity index (χ0) is 16.6. The molecule has 3 rings (SSSR count). The second kappa shape index (κ2) is 6.25. The average Bonchev–Trinajstić information content (AvgIpc) is 3.05. The first-order valence-electron chi connectivity index (χ1n) is 7.42. The van der Waals surface area contributed by atoms with Crippen molar-refractivity contribution in [3.63, 3.8) is 0 Å². The van der Waals surface area contributed by atoms with Crippen molar-refractivity contribution in [2.24, 2.45) is 0 Å². The first-order valence-corrected chi connectivity index (χ1v) is 7.42. The molecule has 4 atom stereocenters. The third-order valence-electron chi connectivity index (χ3n) is 4.08. The first kappa shape index (κ1) is 15.9. The van der Waals surface area contributed by atoms with Crippen LogP contribution in [0.3, 0.4) is 0 Å². The molecule has 1 aliphatic heterocycles.